The third-order valence-electron chi connectivity index (χ3n) is 6.23. The number of rotatable bonds is 6. The molecule has 1 aliphatic heterocycles. The second-order valence-corrected chi connectivity index (χ2v) is 8.38. The Bertz CT molecular complexity index is 846. The van der Waals surface area contributed by atoms with Crippen LogP contribution < -0.4 is 5.32 Å². The van der Waals surface area contributed by atoms with E-state index in [1.54, 1.807) is 18.2 Å². The van der Waals surface area contributed by atoms with Gasteiger partial charge in [0.2, 0.25) is 5.91 Å². The van der Waals surface area contributed by atoms with Crippen molar-refractivity contribution < 1.29 is 9.18 Å². The molecule has 4 heteroatoms. The number of amides is 1. The molecule has 1 heterocycles. The minimum atomic E-state index is -0.288. The first-order chi connectivity index (χ1) is 14.2. The highest BCUT2D eigenvalue weighted by Gasteiger charge is 2.24. The maximum atomic E-state index is 13.2. The Hall–Kier alpha value is -2.46. The van der Waals surface area contributed by atoms with E-state index in [0.717, 1.165) is 38.4 Å². The maximum absolute atomic E-state index is 13.2. The molecule has 1 amide bonds. The standard InChI is InChI=1S/C25H29FN2O/c26-23-7-3-4-20(16-23)10-13-25(29)27-24-11-8-19(9-12-24)14-15-28-17-21-5-1-2-6-22(21)18-28/h1-7,10,13,16,19,24H,8-9,11-12,14-15,17-18H2,(H,27,29)/b13-10+. The summed E-state index contributed by atoms with van der Waals surface area (Å²) in [4.78, 5) is 14.7. The van der Waals surface area contributed by atoms with E-state index in [9.17, 15) is 9.18 Å². The van der Waals surface area contributed by atoms with Crippen LogP contribution in [-0.4, -0.2) is 23.4 Å². The molecular weight excluding hydrogens is 363 g/mol. The van der Waals surface area contributed by atoms with Gasteiger partial charge in [-0.3, -0.25) is 9.69 Å². The van der Waals surface area contributed by atoms with Crippen LogP contribution in [0.1, 0.15) is 48.8 Å². The Morgan fingerprint density at radius 2 is 1.76 bits per heavy atom. The van der Waals surface area contributed by atoms with Crippen LogP contribution in [0.15, 0.2) is 54.6 Å². The van der Waals surface area contributed by atoms with Gasteiger partial charge in [0, 0.05) is 25.2 Å². The van der Waals surface area contributed by atoms with Crippen molar-refractivity contribution in [1.29, 1.82) is 0 Å². The lowest BCUT2D eigenvalue weighted by Gasteiger charge is -2.30. The molecule has 0 saturated heterocycles. The van der Waals surface area contributed by atoms with E-state index in [-0.39, 0.29) is 17.8 Å². The average molecular weight is 393 g/mol. The molecule has 0 radical (unpaired) electrons. The number of fused-ring (bicyclic) bond motifs is 1. The molecule has 3 nitrogen and oxygen atoms in total. The van der Waals surface area contributed by atoms with E-state index >= 15 is 0 Å². The van der Waals surface area contributed by atoms with Crippen molar-refractivity contribution in [3.05, 3.63) is 77.1 Å². The summed E-state index contributed by atoms with van der Waals surface area (Å²) in [5.74, 6) is 0.380. The second kappa shape index (κ2) is 9.36. The van der Waals surface area contributed by atoms with Crippen molar-refractivity contribution >= 4 is 12.0 Å². The van der Waals surface area contributed by atoms with Crippen LogP contribution in [0.4, 0.5) is 4.39 Å². The Labute approximate surface area is 172 Å². The molecule has 29 heavy (non-hydrogen) atoms. The number of hydrogen-bond donors (Lipinski definition) is 1. The molecule has 1 aliphatic carbocycles. The summed E-state index contributed by atoms with van der Waals surface area (Å²) in [5.41, 5.74) is 3.66. The quantitative estimate of drug-likeness (QED) is 0.708. The molecule has 2 aromatic carbocycles. The number of carbonyl (C=O) groups excluding carboxylic acids is 1. The van der Waals surface area contributed by atoms with Gasteiger partial charge in [0.05, 0.1) is 0 Å². The van der Waals surface area contributed by atoms with Crippen LogP contribution in [0.2, 0.25) is 0 Å². The first kappa shape index (κ1) is 19.8. The summed E-state index contributed by atoms with van der Waals surface area (Å²) in [6, 6.07) is 15.3. The number of nitrogens with one attached hydrogen (secondary N) is 1. The van der Waals surface area contributed by atoms with Gasteiger partial charge in [0.15, 0.2) is 0 Å². The van der Waals surface area contributed by atoms with Gasteiger partial charge in [-0.05, 0) is 79.5 Å². The summed E-state index contributed by atoms with van der Waals surface area (Å²) in [7, 11) is 0. The zero-order valence-corrected chi connectivity index (χ0v) is 16.8. The third-order valence-corrected chi connectivity index (χ3v) is 6.23. The van der Waals surface area contributed by atoms with Crippen LogP contribution >= 0.6 is 0 Å². The van der Waals surface area contributed by atoms with Gasteiger partial charge in [-0.2, -0.15) is 0 Å². The highest BCUT2D eigenvalue weighted by atomic mass is 19.1. The van der Waals surface area contributed by atoms with Crippen molar-refractivity contribution in [2.24, 2.45) is 5.92 Å². The minimum Gasteiger partial charge on any atom is -0.350 e. The van der Waals surface area contributed by atoms with E-state index < -0.39 is 0 Å². The molecule has 2 aliphatic rings. The first-order valence-electron chi connectivity index (χ1n) is 10.7. The van der Waals surface area contributed by atoms with Crippen molar-refractivity contribution in [2.45, 2.75) is 51.2 Å². The van der Waals surface area contributed by atoms with Gasteiger partial charge in [-0.1, -0.05) is 36.4 Å². The lowest BCUT2D eigenvalue weighted by molar-refractivity contribution is -0.117. The Morgan fingerprint density at radius 3 is 2.45 bits per heavy atom. The molecule has 0 bridgehead atoms. The SMILES string of the molecule is O=C(/C=C/c1cccc(F)c1)NC1CCC(CCN2Cc3ccccc3C2)CC1. The minimum absolute atomic E-state index is 0.0902. The average Bonchev–Trinajstić information content (AvgIpc) is 3.15. The molecular formula is C25H29FN2O. The van der Waals surface area contributed by atoms with E-state index in [0.29, 0.717) is 5.56 Å². The molecule has 1 fully saturated rings. The number of nitrogens with zero attached hydrogens (tertiary/aromatic N) is 1. The fourth-order valence-electron chi connectivity index (χ4n) is 4.55. The molecule has 1 saturated carbocycles. The Morgan fingerprint density at radius 1 is 1.03 bits per heavy atom. The van der Waals surface area contributed by atoms with Gasteiger partial charge in [-0.25, -0.2) is 4.39 Å². The fraction of sp³-hybridized carbons (Fsp3) is 0.400. The smallest absolute Gasteiger partial charge is 0.244 e. The van der Waals surface area contributed by atoms with Crippen molar-refractivity contribution in [3.8, 4) is 0 Å². The van der Waals surface area contributed by atoms with Crippen molar-refractivity contribution in [2.75, 3.05) is 6.54 Å². The summed E-state index contributed by atoms with van der Waals surface area (Å²) in [6.45, 7) is 3.32. The molecule has 0 atom stereocenters. The predicted molar refractivity (Wildman–Crippen MR) is 114 cm³/mol. The summed E-state index contributed by atoms with van der Waals surface area (Å²) in [5, 5.41) is 3.10. The molecule has 152 valence electrons. The lowest BCUT2D eigenvalue weighted by atomic mass is 9.84. The number of halogens is 1. The highest BCUT2D eigenvalue weighted by Crippen LogP contribution is 2.29. The van der Waals surface area contributed by atoms with Crippen LogP contribution in [-0.2, 0) is 17.9 Å². The molecule has 1 N–H and O–H groups in total. The van der Waals surface area contributed by atoms with Gasteiger partial charge >= 0.3 is 0 Å². The fourth-order valence-corrected chi connectivity index (χ4v) is 4.55. The summed E-state index contributed by atoms with van der Waals surface area (Å²) in [6.07, 6.45) is 8.87. The molecule has 0 aromatic heterocycles. The monoisotopic (exact) mass is 392 g/mol. The largest absolute Gasteiger partial charge is 0.350 e. The van der Waals surface area contributed by atoms with E-state index in [1.807, 2.05) is 0 Å². The lowest BCUT2D eigenvalue weighted by Crippen LogP contribution is -2.37. The first-order valence-corrected chi connectivity index (χ1v) is 10.7. The van der Waals surface area contributed by atoms with E-state index in [2.05, 4.69) is 34.5 Å². The number of carbonyl (C=O) groups is 1. The normalized spacial score (nSPS) is 22.0. The maximum Gasteiger partial charge on any atom is 0.244 e. The zero-order valence-electron chi connectivity index (χ0n) is 16.8. The highest BCUT2D eigenvalue weighted by molar-refractivity contribution is 5.91. The number of hydrogen-bond acceptors (Lipinski definition) is 2. The van der Waals surface area contributed by atoms with Gasteiger partial charge in [0.1, 0.15) is 5.82 Å². The topological polar surface area (TPSA) is 32.3 Å². The van der Waals surface area contributed by atoms with Gasteiger partial charge in [-0.15, -0.1) is 0 Å². The van der Waals surface area contributed by atoms with Crippen molar-refractivity contribution in [1.82, 2.24) is 10.2 Å². The predicted octanol–water partition coefficient (Wildman–Crippen LogP) is 4.92. The van der Waals surface area contributed by atoms with Crippen LogP contribution in [0, 0.1) is 11.7 Å². The van der Waals surface area contributed by atoms with Crippen molar-refractivity contribution in [3.63, 3.8) is 0 Å². The van der Waals surface area contributed by atoms with Gasteiger partial charge < -0.3 is 5.32 Å². The third kappa shape index (κ3) is 5.54. The summed E-state index contributed by atoms with van der Waals surface area (Å²) < 4.78 is 13.2. The van der Waals surface area contributed by atoms with Crippen LogP contribution in [0.5, 0.6) is 0 Å². The zero-order chi connectivity index (χ0) is 20.1. The Kier molecular flexibility index (Phi) is 6.40. The van der Waals surface area contributed by atoms with Gasteiger partial charge in [0.25, 0.3) is 0 Å². The second-order valence-electron chi connectivity index (χ2n) is 8.38. The molecule has 0 unspecified atom stereocenters. The number of benzene rings is 2. The van der Waals surface area contributed by atoms with E-state index in [4.69, 9.17) is 0 Å². The van der Waals surface area contributed by atoms with E-state index in [1.165, 1.54) is 48.6 Å². The molecule has 4 rings (SSSR count). The summed E-state index contributed by atoms with van der Waals surface area (Å²) >= 11 is 0. The molecule has 0 spiro atoms. The van der Waals surface area contributed by atoms with Crippen LogP contribution in [0.3, 0.4) is 0 Å². The Balaban J connectivity index is 1.16. The molecule has 2 aromatic rings. The van der Waals surface area contributed by atoms with Crippen LogP contribution in [0.25, 0.3) is 6.08 Å².